The standard InChI is InChI=1S/C15H19BrN2O3/c1-10-3-2-4-11(6-5-10)17-15(19)13-9-12(18(20)21)7-8-14(13)16/h7-11H,2-6H2,1H3,(H,17,19). The molecule has 0 spiro atoms. The molecule has 2 atom stereocenters. The van der Waals surface area contributed by atoms with Gasteiger partial charge in [-0.3, -0.25) is 14.9 Å². The summed E-state index contributed by atoms with van der Waals surface area (Å²) < 4.78 is 0.576. The van der Waals surface area contributed by atoms with E-state index in [1.807, 2.05) is 0 Å². The topological polar surface area (TPSA) is 72.2 Å². The molecule has 2 rings (SSSR count). The second kappa shape index (κ2) is 7.02. The van der Waals surface area contributed by atoms with Crippen LogP contribution >= 0.6 is 15.9 Å². The van der Waals surface area contributed by atoms with Crippen LogP contribution in [0.3, 0.4) is 0 Å². The van der Waals surface area contributed by atoms with Gasteiger partial charge < -0.3 is 5.32 Å². The first-order valence-corrected chi connectivity index (χ1v) is 8.01. The van der Waals surface area contributed by atoms with E-state index in [1.165, 1.54) is 18.6 Å². The molecule has 114 valence electrons. The lowest BCUT2D eigenvalue weighted by atomic mass is 10.0. The van der Waals surface area contributed by atoms with Crippen LogP contribution in [0, 0.1) is 16.0 Å². The Labute approximate surface area is 132 Å². The van der Waals surface area contributed by atoms with Crippen molar-refractivity contribution in [1.82, 2.24) is 5.32 Å². The van der Waals surface area contributed by atoms with Crippen LogP contribution in [0.25, 0.3) is 0 Å². The Morgan fingerprint density at radius 3 is 2.81 bits per heavy atom. The fourth-order valence-electron chi connectivity index (χ4n) is 2.70. The number of nitro groups is 1. The van der Waals surface area contributed by atoms with Gasteiger partial charge in [0, 0.05) is 22.6 Å². The van der Waals surface area contributed by atoms with Crippen molar-refractivity contribution in [3.05, 3.63) is 38.3 Å². The van der Waals surface area contributed by atoms with Crippen molar-refractivity contribution in [2.45, 2.75) is 45.1 Å². The molecule has 1 saturated carbocycles. The molecule has 1 aliphatic carbocycles. The molecule has 5 nitrogen and oxygen atoms in total. The summed E-state index contributed by atoms with van der Waals surface area (Å²) in [5, 5.41) is 13.8. The summed E-state index contributed by atoms with van der Waals surface area (Å²) >= 11 is 3.29. The van der Waals surface area contributed by atoms with Gasteiger partial charge in [-0.25, -0.2) is 0 Å². The van der Waals surface area contributed by atoms with E-state index in [2.05, 4.69) is 28.2 Å². The summed E-state index contributed by atoms with van der Waals surface area (Å²) in [5.41, 5.74) is 0.249. The summed E-state index contributed by atoms with van der Waals surface area (Å²) in [7, 11) is 0. The maximum absolute atomic E-state index is 12.3. The minimum Gasteiger partial charge on any atom is -0.349 e. The highest BCUT2D eigenvalue weighted by Crippen LogP contribution is 2.25. The van der Waals surface area contributed by atoms with Gasteiger partial charge in [-0.2, -0.15) is 0 Å². The molecule has 2 unspecified atom stereocenters. The van der Waals surface area contributed by atoms with Crippen LogP contribution in [0.4, 0.5) is 5.69 Å². The summed E-state index contributed by atoms with van der Waals surface area (Å²) in [6, 6.07) is 4.41. The molecule has 0 radical (unpaired) electrons. The minimum absolute atomic E-state index is 0.0714. The Balaban J connectivity index is 2.09. The highest BCUT2D eigenvalue weighted by molar-refractivity contribution is 9.10. The van der Waals surface area contributed by atoms with Gasteiger partial charge in [-0.1, -0.05) is 19.8 Å². The van der Waals surface area contributed by atoms with Crippen molar-refractivity contribution >= 4 is 27.5 Å². The molecular weight excluding hydrogens is 336 g/mol. The Bertz CT molecular complexity index is 548. The van der Waals surface area contributed by atoms with E-state index >= 15 is 0 Å². The van der Waals surface area contributed by atoms with Crippen molar-refractivity contribution in [3.8, 4) is 0 Å². The molecule has 6 heteroatoms. The number of halogens is 1. The van der Waals surface area contributed by atoms with Crippen molar-refractivity contribution < 1.29 is 9.72 Å². The Morgan fingerprint density at radius 1 is 1.33 bits per heavy atom. The number of carbonyl (C=O) groups is 1. The Kier molecular flexibility index (Phi) is 5.33. The fraction of sp³-hybridized carbons (Fsp3) is 0.533. The van der Waals surface area contributed by atoms with Crippen LogP contribution in [-0.4, -0.2) is 16.9 Å². The quantitative estimate of drug-likeness (QED) is 0.505. The van der Waals surface area contributed by atoms with Gasteiger partial charge in [0.05, 0.1) is 10.5 Å². The van der Waals surface area contributed by atoms with Gasteiger partial charge >= 0.3 is 0 Å². The van der Waals surface area contributed by atoms with Crippen LogP contribution in [0.5, 0.6) is 0 Å². The zero-order chi connectivity index (χ0) is 15.4. The van der Waals surface area contributed by atoms with Gasteiger partial charge in [0.15, 0.2) is 0 Å². The highest BCUT2D eigenvalue weighted by atomic mass is 79.9. The Morgan fingerprint density at radius 2 is 2.10 bits per heavy atom. The predicted molar refractivity (Wildman–Crippen MR) is 84.3 cm³/mol. The maximum atomic E-state index is 12.3. The molecule has 0 bridgehead atoms. The molecule has 1 N–H and O–H groups in total. The van der Waals surface area contributed by atoms with Crippen molar-refractivity contribution in [2.75, 3.05) is 0 Å². The molecule has 0 heterocycles. The third kappa shape index (κ3) is 4.27. The molecule has 1 fully saturated rings. The normalized spacial score (nSPS) is 22.4. The number of carbonyl (C=O) groups excluding carboxylic acids is 1. The van der Waals surface area contributed by atoms with E-state index < -0.39 is 4.92 Å². The van der Waals surface area contributed by atoms with Crippen LogP contribution in [0.1, 0.15) is 49.4 Å². The van der Waals surface area contributed by atoms with E-state index in [0.717, 1.165) is 25.7 Å². The van der Waals surface area contributed by atoms with E-state index in [-0.39, 0.29) is 17.6 Å². The third-order valence-corrected chi connectivity index (χ3v) is 4.69. The number of nitro benzene ring substituents is 1. The number of hydrogen-bond donors (Lipinski definition) is 1. The predicted octanol–water partition coefficient (Wildman–Crippen LogP) is 4.06. The summed E-state index contributed by atoms with van der Waals surface area (Å²) in [6.07, 6.45) is 5.37. The average Bonchev–Trinajstić information content (AvgIpc) is 2.64. The van der Waals surface area contributed by atoms with E-state index in [1.54, 1.807) is 6.07 Å². The molecule has 1 aliphatic rings. The minimum atomic E-state index is -0.490. The summed E-state index contributed by atoms with van der Waals surface area (Å²) in [6.45, 7) is 2.24. The second-order valence-electron chi connectivity index (χ2n) is 5.71. The van der Waals surface area contributed by atoms with Crippen LogP contribution in [0.15, 0.2) is 22.7 Å². The van der Waals surface area contributed by atoms with Crippen LogP contribution < -0.4 is 5.32 Å². The number of amides is 1. The third-order valence-electron chi connectivity index (χ3n) is 4.00. The molecule has 0 aromatic heterocycles. The number of nitrogens with zero attached hydrogens (tertiary/aromatic N) is 1. The van der Waals surface area contributed by atoms with Gasteiger partial charge in [-0.05, 0) is 47.2 Å². The van der Waals surface area contributed by atoms with Gasteiger partial charge in [0.1, 0.15) is 0 Å². The number of benzene rings is 1. The van der Waals surface area contributed by atoms with E-state index in [4.69, 9.17) is 0 Å². The van der Waals surface area contributed by atoms with Gasteiger partial charge in [0.25, 0.3) is 11.6 Å². The molecular formula is C15H19BrN2O3. The van der Waals surface area contributed by atoms with Gasteiger partial charge in [-0.15, -0.1) is 0 Å². The van der Waals surface area contributed by atoms with Crippen LogP contribution in [0.2, 0.25) is 0 Å². The number of nitrogens with one attached hydrogen (secondary N) is 1. The van der Waals surface area contributed by atoms with E-state index in [0.29, 0.717) is 16.0 Å². The SMILES string of the molecule is CC1CCCC(NC(=O)c2cc([N+](=O)[O-])ccc2Br)CC1. The van der Waals surface area contributed by atoms with E-state index in [9.17, 15) is 14.9 Å². The van der Waals surface area contributed by atoms with Crippen molar-refractivity contribution in [3.63, 3.8) is 0 Å². The fourth-order valence-corrected chi connectivity index (χ4v) is 3.12. The number of rotatable bonds is 3. The summed E-state index contributed by atoms with van der Waals surface area (Å²) in [4.78, 5) is 22.7. The highest BCUT2D eigenvalue weighted by Gasteiger charge is 2.21. The maximum Gasteiger partial charge on any atom is 0.270 e. The first-order valence-electron chi connectivity index (χ1n) is 7.22. The lowest BCUT2D eigenvalue weighted by Gasteiger charge is -2.17. The van der Waals surface area contributed by atoms with Crippen LogP contribution in [-0.2, 0) is 0 Å². The zero-order valence-electron chi connectivity index (χ0n) is 12.0. The Hall–Kier alpha value is -1.43. The first kappa shape index (κ1) is 15.9. The second-order valence-corrected chi connectivity index (χ2v) is 6.56. The van der Waals surface area contributed by atoms with Gasteiger partial charge in [0.2, 0.25) is 0 Å². The lowest BCUT2D eigenvalue weighted by molar-refractivity contribution is -0.384. The smallest absolute Gasteiger partial charge is 0.270 e. The number of hydrogen-bond acceptors (Lipinski definition) is 3. The lowest BCUT2D eigenvalue weighted by Crippen LogP contribution is -2.34. The molecule has 0 saturated heterocycles. The molecule has 1 amide bonds. The largest absolute Gasteiger partial charge is 0.349 e. The number of non-ortho nitro benzene ring substituents is 1. The molecule has 21 heavy (non-hydrogen) atoms. The van der Waals surface area contributed by atoms with Crippen molar-refractivity contribution in [1.29, 1.82) is 0 Å². The first-order chi connectivity index (χ1) is 9.97. The van der Waals surface area contributed by atoms with Crippen molar-refractivity contribution in [2.24, 2.45) is 5.92 Å². The monoisotopic (exact) mass is 354 g/mol. The zero-order valence-corrected chi connectivity index (χ0v) is 13.6. The average molecular weight is 355 g/mol. The summed E-state index contributed by atoms with van der Waals surface area (Å²) in [5.74, 6) is 0.460. The molecule has 1 aromatic rings. The molecule has 0 aliphatic heterocycles. The molecule has 1 aromatic carbocycles.